The zero-order valence-electron chi connectivity index (χ0n) is 8.03. The summed E-state index contributed by atoms with van der Waals surface area (Å²) in [5.41, 5.74) is 0.408. The monoisotopic (exact) mass is 179 g/mol. The lowest BCUT2D eigenvalue weighted by Gasteiger charge is -1.96. The number of nitriles is 1. The molecule has 1 N–H and O–H groups in total. The van der Waals surface area contributed by atoms with Crippen LogP contribution in [0.5, 0.6) is 0 Å². The van der Waals surface area contributed by atoms with Crippen LogP contribution in [0.2, 0.25) is 0 Å². The summed E-state index contributed by atoms with van der Waals surface area (Å²) in [7, 11) is 0. The third-order valence-electron chi connectivity index (χ3n) is 2.78. The molecule has 0 amide bonds. The van der Waals surface area contributed by atoms with E-state index in [9.17, 15) is 4.79 Å². The zero-order chi connectivity index (χ0) is 10.2. The molecule has 0 aromatic heterocycles. The summed E-state index contributed by atoms with van der Waals surface area (Å²) in [6, 6.07) is 2.00. The van der Waals surface area contributed by atoms with Crippen LogP contribution in [0.1, 0.15) is 20.8 Å². The molecule has 2 atom stereocenters. The fourth-order valence-electron chi connectivity index (χ4n) is 1.77. The number of hydrogen-bond acceptors (Lipinski definition) is 2. The maximum absolute atomic E-state index is 10.7. The lowest BCUT2D eigenvalue weighted by molar-refractivity contribution is -0.139. The molecule has 1 fully saturated rings. The Morgan fingerprint density at radius 3 is 2.46 bits per heavy atom. The van der Waals surface area contributed by atoms with E-state index in [1.165, 1.54) is 0 Å². The van der Waals surface area contributed by atoms with Crippen molar-refractivity contribution in [3.8, 4) is 6.07 Å². The van der Waals surface area contributed by atoms with Gasteiger partial charge in [0, 0.05) is 5.57 Å². The summed E-state index contributed by atoms with van der Waals surface area (Å²) < 4.78 is 0. The van der Waals surface area contributed by atoms with Gasteiger partial charge in [-0.1, -0.05) is 19.9 Å². The molecule has 1 saturated carbocycles. The van der Waals surface area contributed by atoms with Gasteiger partial charge in [-0.05, 0) is 18.3 Å². The summed E-state index contributed by atoms with van der Waals surface area (Å²) in [6.45, 7) is 5.53. The molecule has 3 heteroatoms. The van der Waals surface area contributed by atoms with E-state index < -0.39 is 5.97 Å². The Morgan fingerprint density at radius 1 is 1.62 bits per heavy atom. The van der Waals surface area contributed by atoms with Crippen LogP contribution in [0.3, 0.4) is 0 Å². The molecular formula is C10H13NO2. The lowest BCUT2D eigenvalue weighted by Crippen LogP contribution is -2.03. The largest absolute Gasteiger partial charge is 0.481 e. The van der Waals surface area contributed by atoms with Gasteiger partial charge in [0.2, 0.25) is 0 Å². The average Bonchev–Trinajstić information content (AvgIpc) is 2.53. The van der Waals surface area contributed by atoms with Crippen LogP contribution >= 0.6 is 0 Å². The number of aliphatic carboxylic acids is 1. The highest BCUT2D eigenvalue weighted by Crippen LogP contribution is 2.59. The summed E-state index contributed by atoms with van der Waals surface area (Å²) >= 11 is 0. The predicted octanol–water partition coefficient (Wildman–Crippen LogP) is 1.81. The van der Waals surface area contributed by atoms with E-state index in [1.54, 1.807) is 13.0 Å². The van der Waals surface area contributed by atoms with Crippen molar-refractivity contribution >= 4 is 5.97 Å². The fourth-order valence-corrected chi connectivity index (χ4v) is 1.77. The molecule has 1 aliphatic carbocycles. The van der Waals surface area contributed by atoms with Crippen LogP contribution in [0.15, 0.2) is 11.6 Å². The van der Waals surface area contributed by atoms with E-state index in [4.69, 9.17) is 10.4 Å². The Morgan fingerprint density at radius 2 is 2.15 bits per heavy atom. The summed E-state index contributed by atoms with van der Waals surface area (Å²) in [5.74, 6) is -1.07. The molecule has 1 aliphatic rings. The van der Waals surface area contributed by atoms with Crippen molar-refractivity contribution in [1.29, 1.82) is 5.26 Å². The molecule has 0 radical (unpaired) electrons. The van der Waals surface area contributed by atoms with Gasteiger partial charge in [-0.2, -0.15) is 5.26 Å². The van der Waals surface area contributed by atoms with Crippen molar-refractivity contribution in [3.63, 3.8) is 0 Å². The highest BCUT2D eigenvalue weighted by molar-refractivity contribution is 5.76. The van der Waals surface area contributed by atoms with E-state index in [0.717, 1.165) is 0 Å². The van der Waals surface area contributed by atoms with Crippen LogP contribution in [0, 0.1) is 28.6 Å². The minimum atomic E-state index is -0.767. The first kappa shape index (κ1) is 9.79. The van der Waals surface area contributed by atoms with Crippen molar-refractivity contribution in [2.75, 3.05) is 0 Å². The van der Waals surface area contributed by atoms with Crippen LogP contribution in [0.25, 0.3) is 0 Å². The number of hydrogen-bond donors (Lipinski definition) is 1. The summed E-state index contributed by atoms with van der Waals surface area (Å²) in [5, 5.41) is 17.4. The molecule has 0 aromatic carbocycles. The second-order valence-electron chi connectivity index (χ2n) is 4.12. The van der Waals surface area contributed by atoms with Gasteiger partial charge in [0.15, 0.2) is 0 Å². The second-order valence-corrected chi connectivity index (χ2v) is 4.12. The van der Waals surface area contributed by atoms with Crippen LogP contribution in [0.4, 0.5) is 0 Å². The minimum absolute atomic E-state index is 0.0182. The molecule has 0 saturated heterocycles. The van der Waals surface area contributed by atoms with E-state index in [2.05, 4.69) is 0 Å². The molecule has 1 rings (SSSR count). The number of carboxylic acid groups (broad SMARTS) is 1. The van der Waals surface area contributed by atoms with Crippen molar-refractivity contribution in [3.05, 3.63) is 11.6 Å². The first-order valence-electron chi connectivity index (χ1n) is 4.22. The minimum Gasteiger partial charge on any atom is -0.481 e. The van der Waals surface area contributed by atoms with Crippen molar-refractivity contribution in [2.45, 2.75) is 20.8 Å². The molecule has 0 bridgehead atoms. The van der Waals surface area contributed by atoms with Gasteiger partial charge in [0.1, 0.15) is 0 Å². The standard InChI is InChI=1S/C10H13NO2/c1-6(5-11)4-7-8(9(12)13)10(7,2)3/h4,7-8H,1-3H3,(H,12,13)/t7-,8-/m0/s1. The number of nitrogens with zero attached hydrogens (tertiary/aromatic N) is 1. The third-order valence-corrected chi connectivity index (χ3v) is 2.78. The first-order chi connectivity index (χ1) is 5.91. The predicted molar refractivity (Wildman–Crippen MR) is 47.8 cm³/mol. The summed E-state index contributed by atoms with van der Waals surface area (Å²) in [4.78, 5) is 10.7. The van der Waals surface area contributed by atoms with E-state index in [-0.39, 0.29) is 17.3 Å². The molecule has 0 heterocycles. The van der Waals surface area contributed by atoms with E-state index in [1.807, 2.05) is 19.9 Å². The van der Waals surface area contributed by atoms with Crippen LogP contribution in [-0.4, -0.2) is 11.1 Å². The normalized spacial score (nSPS) is 30.8. The summed E-state index contributed by atoms with van der Waals surface area (Å²) in [6.07, 6.45) is 1.76. The number of carbonyl (C=O) groups is 1. The molecule has 0 aromatic rings. The van der Waals surface area contributed by atoms with Gasteiger partial charge in [-0.25, -0.2) is 0 Å². The van der Waals surface area contributed by atoms with Gasteiger partial charge in [-0.3, -0.25) is 4.79 Å². The third kappa shape index (κ3) is 1.57. The van der Waals surface area contributed by atoms with Crippen molar-refractivity contribution < 1.29 is 9.90 Å². The van der Waals surface area contributed by atoms with Gasteiger partial charge in [0.05, 0.1) is 12.0 Å². The molecular weight excluding hydrogens is 166 g/mol. The van der Waals surface area contributed by atoms with E-state index in [0.29, 0.717) is 5.57 Å². The second kappa shape index (κ2) is 2.88. The maximum atomic E-state index is 10.7. The molecule has 0 unspecified atom stereocenters. The number of carboxylic acids is 1. The maximum Gasteiger partial charge on any atom is 0.307 e. The average molecular weight is 179 g/mol. The Hall–Kier alpha value is -1.30. The van der Waals surface area contributed by atoms with Gasteiger partial charge < -0.3 is 5.11 Å². The topological polar surface area (TPSA) is 61.1 Å². The van der Waals surface area contributed by atoms with Gasteiger partial charge >= 0.3 is 5.97 Å². The quantitative estimate of drug-likeness (QED) is 0.657. The first-order valence-corrected chi connectivity index (χ1v) is 4.22. The highest BCUT2D eigenvalue weighted by Gasteiger charge is 2.60. The number of allylic oxidation sites excluding steroid dienone is 2. The molecule has 0 spiro atoms. The molecule has 70 valence electrons. The molecule has 13 heavy (non-hydrogen) atoms. The molecule has 3 nitrogen and oxygen atoms in total. The zero-order valence-corrected chi connectivity index (χ0v) is 8.03. The van der Waals surface area contributed by atoms with Gasteiger partial charge in [0.25, 0.3) is 0 Å². The van der Waals surface area contributed by atoms with Gasteiger partial charge in [-0.15, -0.1) is 0 Å². The van der Waals surface area contributed by atoms with Crippen molar-refractivity contribution in [2.24, 2.45) is 17.3 Å². The van der Waals surface area contributed by atoms with Crippen molar-refractivity contribution in [1.82, 2.24) is 0 Å². The van der Waals surface area contributed by atoms with Crippen LogP contribution in [-0.2, 0) is 4.79 Å². The number of rotatable bonds is 2. The molecule has 0 aliphatic heterocycles. The Balaban J connectivity index is 2.79. The smallest absolute Gasteiger partial charge is 0.307 e. The fraction of sp³-hybridized carbons (Fsp3) is 0.600. The Bertz CT molecular complexity index is 309. The van der Waals surface area contributed by atoms with Crippen LogP contribution < -0.4 is 0 Å². The Labute approximate surface area is 77.7 Å². The lowest BCUT2D eigenvalue weighted by atomic mass is 10.1. The highest BCUT2D eigenvalue weighted by atomic mass is 16.4. The SMILES string of the molecule is CC(C#N)=C[C@H]1[C@@H](C(=O)O)C1(C)C. The Kier molecular flexibility index (Phi) is 2.17. The van der Waals surface area contributed by atoms with E-state index >= 15 is 0 Å².